The van der Waals surface area contributed by atoms with Gasteiger partial charge in [0.2, 0.25) is 0 Å². The summed E-state index contributed by atoms with van der Waals surface area (Å²) in [4.78, 5) is 68.6. The molecule has 0 radical (unpaired) electrons. The number of esters is 3. The largest absolute Gasteiger partial charge is 0.459 e. The number of aromatic nitrogens is 2. The lowest BCUT2D eigenvalue weighted by Crippen LogP contribution is -2.43. The van der Waals surface area contributed by atoms with Gasteiger partial charge in [-0.2, -0.15) is 0 Å². The van der Waals surface area contributed by atoms with Gasteiger partial charge >= 0.3 is 23.9 Å². The molecule has 3 aromatic carbocycles. The molecule has 3 N–H and O–H groups in total. The minimum Gasteiger partial charge on any atom is -0.459 e. The molecular weight excluding hydrogens is 586 g/mol. The van der Waals surface area contributed by atoms with Gasteiger partial charge in [-0.15, -0.1) is 0 Å². The Kier molecular flexibility index (Phi) is 8.20. The maximum Gasteiger partial charge on any atom is 0.339 e. The van der Waals surface area contributed by atoms with E-state index in [0.29, 0.717) is 0 Å². The number of nitrogens with one attached hydrogen (secondary N) is 3. The fraction of sp³-hybridized carbons (Fsp3) is 0.161. The van der Waals surface area contributed by atoms with Crippen LogP contribution in [0.25, 0.3) is 0 Å². The molecule has 14 heteroatoms. The Bertz CT molecular complexity index is 1730. The van der Waals surface area contributed by atoms with Crippen LogP contribution in [0.3, 0.4) is 0 Å². The van der Waals surface area contributed by atoms with Gasteiger partial charge in [0, 0.05) is 0 Å². The normalized spacial score (nSPS) is 20.4. The summed E-state index contributed by atoms with van der Waals surface area (Å²) in [7, 11) is 0. The summed E-state index contributed by atoms with van der Waals surface area (Å²) >= 11 is 0. The van der Waals surface area contributed by atoms with Crippen molar-refractivity contribution >= 4 is 35.7 Å². The monoisotopic (exact) mass is 611 g/mol. The lowest BCUT2D eigenvalue weighted by Gasteiger charge is -2.25. The van der Waals surface area contributed by atoms with Gasteiger partial charge < -0.3 is 18.9 Å². The number of benzene rings is 3. The van der Waals surface area contributed by atoms with Crippen molar-refractivity contribution < 1.29 is 42.9 Å². The molecule has 0 saturated carbocycles. The molecule has 0 aliphatic carbocycles. The van der Waals surface area contributed by atoms with E-state index < -0.39 is 61.0 Å². The molecular formula is C31H25N5O9. The summed E-state index contributed by atoms with van der Waals surface area (Å²) < 4.78 is 24.8. The smallest absolute Gasteiger partial charge is 0.339 e. The minimum atomic E-state index is -1.39. The van der Waals surface area contributed by atoms with Crippen molar-refractivity contribution in [1.29, 1.82) is 0 Å². The van der Waals surface area contributed by atoms with Crippen molar-refractivity contribution in [3.8, 4) is 0 Å². The topological polar surface area (TPSA) is 176 Å². The van der Waals surface area contributed by atoms with Crippen LogP contribution in [-0.2, 0) is 18.9 Å². The van der Waals surface area contributed by atoms with Crippen molar-refractivity contribution in [1.82, 2.24) is 20.4 Å². The molecule has 1 saturated heterocycles. The maximum absolute atomic E-state index is 13.4. The van der Waals surface area contributed by atoms with Crippen LogP contribution in [0.4, 0.5) is 10.6 Å². The van der Waals surface area contributed by atoms with E-state index in [1.54, 1.807) is 78.9 Å². The van der Waals surface area contributed by atoms with Gasteiger partial charge in [-0.1, -0.05) is 54.6 Å². The molecule has 3 heterocycles. The second-order valence-corrected chi connectivity index (χ2v) is 9.88. The van der Waals surface area contributed by atoms with E-state index in [4.69, 9.17) is 18.9 Å². The first-order valence-corrected chi connectivity index (χ1v) is 13.7. The molecule has 0 unspecified atom stereocenters. The lowest BCUT2D eigenvalue weighted by atomic mass is 10.1. The number of anilines is 1. The minimum absolute atomic E-state index is 0.101. The highest BCUT2D eigenvalue weighted by Gasteiger charge is 2.52. The Morgan fingerprint density at radius 2 is 1.27 bits per heavy atom. The van der Waals surface area contributed by atoms with Crippen molar-refractivity contribution in [2.45, 2.75) is 24.5 Å². The molecule has 1 aromatic heterocycles. The molecule has 3 amide bonds. The second-order valence-electron chi connectivity index (χ2n) is 9.88. The molecule has 45 heavy (non-hydrogen) atoms. The number of imidazole rings is 1. The van der Waals surface area contributed by atoms with Gasteiger partial charge in [-0.3, -0.25) is 20.1 Å². The predicted molar refractivity (Wildman–Crippen MR) is 154 cm³/mol. The van der Waals surface area contributed by atoms with E-state index in [1.807, 2.05) is 0 Å². The third-order valence-corrected chi connectivity index (χ3v) is 6.98. The van der Waals surface area contributed by atoms with Crippen LogP contribution in [0.1, 0.15) is 47.8 Å². The molecule has 1 fully saturated rings. The standard InChI is InChI=1S/C31H25N5O9/c37-26-22-25(33-31(41)35-34-26)32-17-36(22)27-24(45-30(40)20-14-8-3-9-15-20)23(44-29(39)19-12-6-2-7-13-19)21(43-27)16-42-28(38)18-10-4-1-5-11-18/h1-15,17,21,23-24,27H,16H2,(H,34,37)(H2,33,35,41)/t21-,23-,24-,27-/m1/s1. The zero-order valence-corrected chi connectivity index (χ0v) is 23.3. The first-order chi connectivity index (χ1) is 21.9. The van der Waals surface area contributed by atoms with Crippen LogP contribution in [0.2, 0.25) is 0 Å². The quantitative estimate of drug-likeness (QED) is 0.198. The van der Waals surface area contributed by atoms with Gasteiger partial charge in [0.25, 0.3) is 5.91 Å². The van der Waals surface area contributed by atoms with Crippen LogP contribution in [0.5, 0.6) is 0 Å². The summed E-state index contributed by atoms with van der Waals surface area (Å²) in [5, 5.41) is 2.43. The Morgan fingerprint density at radius 1 is 0.733 bits per heavy atom. The van der Waals surface area contributed by atoms with Gasteiger partial charge in [0.1, 0.15) is 19.0 Å². The molecule has 0 bridgehead atoms. The van der Waals surface area contributed by atoms with Crippen LogP contribution >= 0.6 is 0 Å². The lowest BCUT2D eigenvalue weighted by molar-refractivity contribution is -0.0626. The van der Waals surface area contributed by atoms with Crippen LogP contribution in [-0.4, -0.2) is 64.3 Å². The predicted octanol–water partition coefficient (Wildman–Crippen LogP) is 2.87. The SMILES string of the molecule is O=C1NNC(=O)c2c(ncn2[C@@H]2O[C@H](COC(=O)c3ccccc3)[C@@H](OC(=O)c3ccccc3)[C@H]2OC(=O)c2ccccc2)N1. The number of hydrazine groups is 1. The highest BCUT2D eigenvalue weighted by molar-refractivity contribution is 6.04. The van der Waals surface area contributed by atoms with Crippen LogP contribution in [0, 0.1) is 0 Å². The van der Waals surface area contributed by atoms with Crippen molar-refractivity contribution in [2.75, 3.05) is 11.9 Å². The summed E-state index contributed by atoms with van der Waals surface area (Å²) in [5.74, 6) is -3.06. The zero-order chi connectivity index (χ0) is 31.3. The number of fused-ring (bicyclic) bond motifs is 1. The van der Waals surface area contributed by atoms with E-state index in [-0.39, 0.29) is 28.2 Å². The maximum atomic E-state index is 13.4. The number of amides is 3. The number of rotatable bonds is 8. The molecule has 4 aromatic rings. The summed E-state index contributed by atoms with van der Waals surface area (Å²) in [6.45, 7) is -0.419. The zero-order valence-electron chi connectivity index (χ0n) is 23.3. The third kappa shape index (κ3) is 6.21. The fourth-order valence-electron chi connectivity index (χ4n) is 4.86. The summed E-state index contributed by atoms with van der Waals surface area (Å²) in [6, 6.07) is 23.7. The van der Waals surface area contributed by atoms with Crippen molar-refractivity contribution in [2.24, 2.45) is 0 Å². The molecule has 2 aliphatic heterocycles. The van der Waals surface area contributed by atoms with Crippen molar-refractivity contribution in [3.05, 3.63) is 120 Å². The molecule has 14 nitrogen and oxygen atoms in total. The fourth-order valence-corrected chi connectivity index (χ4v) is 4.86. The van der Waals surface area contributed by atoms with Gasteiger partial charge in [0.15, 0.2) is 29.9 Å². The average Bonchev–Trinajstić information content (AvgIpc) is 3.59. The molecule has 4 atom stereocenters. The number of carbonyl (C=O) groups is 5. The molecule has 0 spiro atoms. The highest BCUT2D eigenvalue weighted by Crippen LogP contribution is 2.37. The van der Waals surface area contributed by atoms with Crippen LogP contribution in [0.15, 0.2) is 97.3 Å². The van der Waals surface area contributed by atoms with Gasteiger partial charge in [-0.25, -0.2) is 29.6 Å². The summed E-state index contributed by atoms with van der Waals surface area (Å²) in [5.41, 5.74) is 4.93. The Morgan fingerprint density at radius 3 is 1.84 bits per heavy atom. The molecule has 2 aliphatic rings. The number of ether oxygens (including phenoxy) is 4. The first-order valence-electron chi connectivity index (χ1n) is 13.7. The number of hydrogen-bond acceptors (Lipinski definition) is 10. The molecule has 228 valence electrons. The van der Waals surface area contributed by atoms with Gasteiger partial charge in [0.05, 0.1) is 16.7 Å². The highest BCUT2D eigenvalue weighted by atomic mass is 16.7. The Balaban J connectivity index is 1.38. The number of hydrogen-bond donors (Lipinski definition) is 3. The second kappa shape index (κ2) is 12.7. The number of nitrogens with zero attached hydrogens (tertiary/aromatic N) is 2. The first kappa shape index (κ1) is 29.1. The van der Waals surface area contributed by atoms with E-state index in [2.05, 4.69) is 21.2 Å². The third-order valence-electron chi connectivity index (χ3n) is 6.98. The Hall–Kier alpha value is -6.02. The average molecular weight is 612 g/mol. The van der Waals surface area contributed by atoms with Gasteiger partial charge in [-0.05, 0) is 36.4 Å². The van der Waals surface area contributed by atoms with E-state index >= 15 is 0 Å². The number of carbonyl (C=O) groups excluding carboxylic acids is 5. The Labute approximate surface area is 255 Å². The van der Waals surface area contributed by atoms with E-state index in [1.165, 1.54) is 23.0 Å². The van der Waals surface area contributed by atoms with E-state index in [0.717, 1.165) is 0 Å². The van der Waals surface area contributed by atoms with Crippen molar-refractivity contribution in [3.63, 3.8) is 0 Å². The molecule has 6 rings (SSSR count). The van der Waals surface area contributed by atoms with Crippen LogP contribution < -0.4 is 16.2 Å². The van der Waals surface area contributed by atoms with E-state index in [9.17, 15) is 24.0 Å². The summed E-state index contributed by atoms with van der Waals surface area (Å²) in [6.07, 6.45) is -4.02. The number of urea groups is 1.